The first kappa shape index (κ1) is 17.5. The van der Waals surface area contributed by atoms with Gasteiger partial charge in [-0.2, -0.15) is 0 Å². The van der Waals surface area contributed by atoms with E-state index in [-0.39, 0.29) is 17.7 Å². The summed E-state index contributed by atoms with van der Waals surface area (Å²) < 4.78 is 5.24. The van der Waals surface area contributed by atoms with E-state index in [1.54, 1.807) is 4.90 Å². The van der Waals surface area contributed by atoms with Gasteiger partial charge in [0.2, 0.25) is 5.91 Å². The van der Waals surface area contributed by atoms with Gasteiger partial charge in [0.05, 0.1) is 19.3 Å². The standard InChI is InChI=1S/C16H21Cl2NO3/c1-11-6-12(2-3-14(11)18)8-19(16(21)7-17)5-4-13-9-22-10-15(13)20/h2-3,6,13,15,20H,4-5,7-10H2,1H3/t13-,15-/m1/s1. The summed E-state index contributed by atoms with van der Waals surface area (Å²) in [6.45, 7) is 3.91. The first-order valence-corrected chi connectivity index (χ1v) is 8.27. The molecule has 2 rings (SSSR count). The molecule has 122 valence electrons. The van der Waals surface area contributed by atoms with Crippen molar-refractivity contribution >= 4 is 29.1 Å². The number of carbonyl (C=O) groups excluding carboxylic acids is 1. The van der Waals surface area contributed by atoms with Crippen molar-refractivity contribution in [2.24, 2.45) is 5.92 Å². The van der Waals surface area contributed by atoms with E-state index in [1.807, 2.05) is 25.1 Å². The molecular weight excluding hydrogens is 325 g/mol. The van der Waals surface area contributed by atoms with E-state index in [0.717, 1.165) is 11.1 Å². The molecule has 1 aliphatic heterocycles. The number of ether oxygens (including phenoxy) is 1. The zero-order valence-electron chi connectivity index (χ0n) is 12.6. The van der Waals surface area contributed by atoms with E-state index in [2.05, 4.69) is 0 Å². The Morgan fingerprint density at radius 3 is 2.82 bits per heavy atom. The maximum absolute atomic E-state index is 12.0. The van der Waals surface area contributed by atoms with Gasteiger partial charge in [-0.25, -0.2) is 0 Å². The lowest BCUT2D eigenvalue weighted by Gasteiger charge is -2.24. The Balaban J connectivity index is 1.99. The van der Waals surface area contributed by atoms with Crippen molar-refractivity contribution in [3.8, 4) is 0 Å². The molecule has 1 saturated heterocycles. The SMILES string of the molecule is Cc1cc(CN(CC[C@@H]2COC[C@H]2O)C(=O)CCl)ccc1Cl. The van der Waals surface area contributed by atoms with Crippen LogP contribution in [-0.4, -0.2) is 47.7 Å². The van der Waals surface area contributed by atoms with Crippen LogP contribution in [0.5, 0.6) is 0 Å². The second kappa shape index (κ2) is 8.16. The number of amides is 1. The van der Waals surface area contributed by atoms with E-state index in [0.29, 0.717) is 37.7 Å². The minimum Gasteiger partial charge on any atom is -0.390 e. The Hall–Kier alpha value is -0.810. The first-order chi connectivity index (χ1) is 10.5. The summed E-state index contributed by atoms with van der Waals surface area (Å²) in [4.78, 5) is 13.8. The summed E-state index contributed by atoms with van der Waals surface area (Å²) in [6.07, 6.45) is 0.266. The van der Waals surface area contributed by atoms with Gasteiger partial charge in [-0.3, -0.25) is 4.79 Å². The van der Waals surface area contributed by atoms with E-state index in [4.69, 9.17) is 27.9 Å². The van der Waals surface area contributed by atoms with Crippen LogP contribution in [0.15, 0.2) is 18.2 Å². The number of alkyl halides is 1. The molecule has 1 aromatic rings. The number of hydrogen-bond acceptors (Lipinski definition) is 3. The van der Waals surface area contributed by atoms with Crippen molar-refractivity contribution in [1.29, 1.82) is 0 Å². The maximum atomic E-state index is 12.0. The van der Waals surface area contributed by atoms with Gasteiger partial charge in [-0.05, 0) is 30.5 Å². The summed E-state index contributed by atoms with van der Waals surface area (Å²) in [5.74, 6) is -0.0729. The van der Waals surface area contributed by atoms with Gasteiger partial charge in [0, 0.05) is 24.0 Å². The molecule has 1 heterocycles. The normalized spacial score (nSPS) is 21.1. The number of hydrogen-bond donors (Lipinski definition) is 1. The number of benzene rings is 1. The van der Waals surface area contributed by atoms with Crippen molar-refractivity contribution in [2.75, 3.05) is 25.6 Å². The highest BCUT2D eigenvalue weighted by Gasteiger charge is 2.27. The van der Waals surface area contributed by atoms with Crippen LogP contribution in [0.2, 0.25) is 5.02 Å². The Bertz CT molecular complexity index is 524. The van der Waals surface area contributed by atoms with Crippen LogP contribution in [0.25, 0.3) is 0 Å². The van der Waals surface area contributed by atoms with Gasteiger partial charge in [0.15, 0.2) is 0 Å². The van der Waals surface area contributed by atoms with Crippen LogP contribution < -0.4 is 0 Å². The minimum absolute atomic E-state index is 0.0453. The van der Waals surface area contributed by atoms with Crippen LogP contribution in [0.3, 0.4) is 0 Å². The van der Waals surface area contributed by atoms with Crippen LogP contribution >= 0.6 is 23.2 Å². The molecule has 22 heavy (non-hydrogen) atoms. The Morgan fingerprint density at radius 1 is 1.45 bits per heavy atom. The molecule has 6 heteroatoms. The van der Waals surface area contributed by atoms with E-state index in [9.17, 15) is 9.90 Å². The smallest absolute Gasteiger partial charge is 0.237 e. The molecule has 0 aliphatic carbocycles. The molecule has 0 radical (unpaired) electrons. The minimum atomic E-state index is -0.439. The maximum Gasteiger partial charge on any atom is 0.237 e. The average Bonchev–Trinajstić information content (AvgIpc) is 2.91. The van der Waals surface area contributed by atoms with Crippen molar-refractivity contribution in [2.45, 2.75) is 26.0 Å². The molecule has 0 spiro atoms. The average molecular weight is 346 g/mol. The topological polar surface area (TPSA) is 49.8 Å². The van der Waals surface area contributed by atoms with E-state index >= 15 is 0 Å². The summed E-state index contributed by atoms with van der Waals surface area (Å²) in [5, 5.41) is 10.5. The number of halogens is 2. The van der Waals surface area contributed by atoms with Crippen molar-refractivity contribution in [1.82, 2.24) is 4.90 Å². The zero-order chi connectivity index (χ0) is 16.1. The molecule has 1 aromatic carbocycles. The lowest BCUT2D eigenvalue weighted by molar-refractivity contribution is -0.129. The number of aryl methyl sites for hydroxylation is 1. The molecule has 0 bridgehead atoms. The summed E-state index contributed by atoms with van der Waals surface area (Å²) >= 11 is 11.7. The third kappa shape index (κ3) is 4.59. The van der Waals surface area contributed by atoms with Crippen molar-refractivity contribution < 1.29 is 14.6 Å². The second-order valence-corrected chi connectivity index (χ2v) is 6.36. The number of nitrogens with zero attached hydrogens (tertiary/aromatic N) is 1. The third-order valence-electron chi connectivity index (χ3n) is 4.00. The highest BCUT2D eigenvalue weighted by molar-refractivity contribution is 6.31. The van der Waals surface area contributed by atoms with Crippen molar-refractivity contribution in [3.63, 3.8) is 0 Å². The quantitative estimate of drug-likeness (QED) is 0.806. The Morgan fingerprint density at radius 2 is 2.23 bits per heavy atom. The molecule has 1 fully saturated rings. The number of carbonyl (C=O) groups is 1. The predicted octanol–water partition coefficient (Wildman–Crippen LogP) is 2.61. The molecule has 1 N–H and O–H groups in total. The van der Waals surface area contributed by atoms with Gasteiger partial charge in [0.1, 0.15) is 5.88 Å². The molecule has 1 amide bonds. The van der Waals surface area contributed by atoms with Gasteiger partial charge in [0.25, 0.3) is 0 Å². The monoisotopic (exact) mass is 345 g/mol. The van der Waals surface area contributed by atoms with Crippen LogP contribution in [0.4, 0.5) is 0 Å². The fourth-order valence-electron chi connectivity index (χ4n) is 2.59. The van der Waals surface area contributed by atoms with Gasteiger partial charge in [-0.15, -0.1) is 11.6 Å². The van der Waals surface area contributed by atoms with E-state index < -0.39 is 6.10 Å². The summed E-state index contributed by atoms with van der Waals surface area (Å²) in [5.41, 5.74) is 2.00. The van der Waals surface area contributed by atoms with Crippen LogP contribution in [0, 0.1) is 12.8 Å². The fourth-order valence-corrected chi connectivity index (χ4v) is 2.87. The summed E-state index contributed by atoms with van der Waals surface area (Å²) in [7, 11) is 0. The summed E-state index contributed by atoms with van der Waals surface area (Å²) in [6, 6.07) is 5.73. The fraction of sp³-hybridized carbons (Fsp3) is 0.562. The van der Waals surface area contributed by atoms with Gasteiger partial charge >= 0.3 is 0 Å². The molecule has 2 atom stereocenters. The molecule has 0 saturated carbocycles. The molecule has 0 unspecified atom stereocenters. The highest BCUT2D eigenvalue weighted by Crippen LogP contribution is 2.20. The Kier molecular flexibility index (Phi) is 6.50. The van der Waals surface area contributed by atoms with Crippen LogP contribution in [0.1, 0.15) is 17.5 Å². The third-order valence-corrected chi connectivity index (χ3v) is 4.65. The first-order valence-electron chi connectivity index (χ1n) is 7.36. The Labute approximate surface area is 141 Å². The molecule has 0 aromatic heterocycles. The zero-order valence-corrected chi connectivity index (χ0v) is 14.1. The van der Waals surface area contributed by atoms with E-state index in [1.165, 1.54) is 0 Å². The largest absolute Gasteiger partial charge is 0.390 e. The number of rotatable bonds is 6. The number of aliphatic hydroxyl groups excluding tert-OH is 1. The predicted molar refractivity (Wildman–Crippen MR) is 87.3 cm³/mol. The molecular formula is C16H21Cl2NO3. The lowest BCUT2D eigenvalue weighted by Crippen LogP contribution is -2.34. The number of aliphatic hydroxyl groups is 1. The molecule has 1 aliphatic rings. The molecule has 4 nitrogen and oxygen atoms in total. The van der Waals surface area contributed by atoms with Gasteiger partial charge in [-0.1, -0.05) is 23.7 Å². The lowest BCUT2D eigenvalue weighted by atomic mass is 10.0. The van der Waals surface area contributed by atoms with Gasteiger partial charge < -0.3 is 14.7 Å². The second-order valence-electron chi connectivity index (χ2n) is 5.69. The highest BCUT2D eigenvalue weighted by atomic mass is 35.5. The van der Waals surface area contributed by atoms with Crippen molar-refractivity contribution in [3.05, 3.63) is 34.3 Å². The van der Waals surface area contributed by atoms with Crippen LogP contribution in [-0.2, 0) is 16.1 Å².